The molecule has 1 N–H and O–H groups in total. The number of ether oxygens (including phenoxy) is 1. The number of nitrogens with zero attached hydrogens (tertiary/aromatic N) is 1. The zero-order valence-electron chi connectivity index (χ0n) is 12.8. The first-order valence-corrected chi connectivity index (χ1v) is 9.03. The van der Waals surface area contributed by atoms with E-state index < -0.39 is 47.6 Å². The Bertz CT molecular complexity index is 942. The molecule has 28 heavy (non-hydrogen) atoms. The van der Waals surface area contributed by atoms with Crippen LogP contribution in [-0.2, 0) is 20.2 Å². The number of benzene rings is 1. The summed E-state index contributed by atoms with van der Waals surface area (Å²) in [7, 11) is -10.8. The van der Waals surface area contributed by atoms with E-state index in [0.717, 1.165) is 7.11 Å². The van der Waals surface area contributed by atoms with Crippen LogP contribution >= 0.6 is 11.6 Å². The van der Waals surface area contributed by atoms with Crippen LogP contribution in [0.1, 0.15) is 0 Å². The molecule has 0 saturated carbocycles. The number of methoxy groups -OCH3 is 1. The number of nitro benzene ring substituents is 1. The third-order valence-electron chi connectivity index (χ3n) is 2.21. The number of rotatable bonds is 4. The Morgan fingerprint density at radius 3 is 1.75 bits per heavy atom. The van der Waals surface area contributed by atoms with Gasteiger partial charge in [0.05, 0.1) is 17.1 Å². The SMILES string of the molecule is COc1cc(OS(=O)(=O)C(F)(F)F)c([N+](=O)[O-])cc1Cl.O=S(=O)(O)C(F)(F)F. The van der Waals surface area contributed by atoms with Gasteiger partial charge in [0.1, 0.15) is 5.75 Å². The Morgan fingerprint density at radius 2 is 1.46 bits per heavy atom. The van der Waals surface area contributed by atoms with Crippen molar-refractivity contribution in [2.24, 2.45) is 0 Å². The maximum absolute atomic E-state index is 12.2. The van der Waals surface area contributed by atoms with E-state index in [1.165, 1.54) is 0 Å². The number of halogens is 7. The van der Waals surface area contributed by atoms with Gasteiger partial charge in [0.25, 0.3) is 0 Å². The van der Waals surface area contributed by atoms with Crippen LogP contribution in [0.5, 0.6) is 11.5 Å². The molecule has 1 rings (SSSR count). The highest BCUT2D eigenvalue weighted by Gasteiger charge is 2.49. The van der Waals surface area contributed by atoms with Crippen molar-refractivity contribution in [1.29, 1.82) is 0 Å². The minimum absolute atomic E-state index is 0.287. The molecular weight excluding hydrogens is 480 g/mol. The summed E-state index contributed by atoms with van der Waals surface area (Å²) < 4.78 is 124. The summed E-state index contributed by atoms with van der Waals surface area (Å²) in [5, 5.41) is 10.4. The average molecular weight is 486 g/mol. The first-order chi connectivity index (χ1) is 12.2. The van der Waals surface area contributed by atoms with Gasteiger partial charge in [-0.1, -0.05) is 11.6 Å². The zero-order chi connectivity index (χ0) is 22.7. The summed E-state index contributed by atoms with van der Waals surface area (Å²) in [6.45, 7) is 0. The molecule has 0 spiro atoms. The Balaban J connectivity index is 0.000000769. The van der Waals surface area contributed by atoms with Crippen molar-refractivity contribution >= 4 is 37.5 Å². The number of alkyl halides is 6. The summed E-state index contributed by atoms with van der Waals surface area (Å²) in [6, 6.07) is 1.19. The van der Waals surface area contributed by atoms with E-state index in [1.807, 2.05) is 0 Å². The largest absolute Gasteiger partial charge is 0.534 e. The second-order valence-electron chi connectivity index (χ2n) is 4.12. The minimum Gasteiger partial charge on any atom is -0.495 e. The zero-order valence-corrected chi connectivity index (χ0v) is 15.2. The second-order valence-corrected chi connectivity index (χ2v) is 7.47. The summed E-state index contributed by atoms with van der Waals surface area (Å²) in [4.78, 5) is 9.51. The fourth-order valence-electron chi connectivity index (χ4n) is 1.06. The molecule has 0 bridgehead atoms. The predicted molar refractivity (Wildman–Crippen MR) is 77.9 cm³/mol. The van der Waals surface area contributed by atoms with Crippen LogP contribution in [0.15, 0.2) is 12.1 Å². The van der Waals surface area contributed by atoms with Crippen molar-refractivity contribution < 1.29 is 61.6 Å². The van der Waals surface area contributed by atoms with Crippen LogP contribution in [0, 0.1) is 10.1 Å². The molecule has 0 aliphatic carbocycles. The molecule has 0 aliphatic heterocycles. The van der Waals surface area contributed by atoms with E-state index in [1.54, 1.807) is 0 Å². The maximum Gasteiger partial charge on any atom is 0.534 e. The predicted octanol–water partition coefficient (Wildman–Crippen LogP) is 2.88. The molecule has 1 aromatic carbocycles. The van der Waals surface area contributed by atoms with Gasteiger partial charge in [-0.2, -0.15) is 43.2 Å². The van der Waals surface area contributed by atoms with Crippen LogP contribution in [0.3, 0.4) is 0 Å². The lowest BCUT2D eigenvalue weighted by Crippen LogP contribution is -2.28. The fraction of sp³-hybridized carbons (Fsp3) is 0.333. The van der Waals surface area contributed by atoms with Crippen LogP contribution in [0.25, 0.3) is 0 Å². The number of nitro groups is 1. The molecule has 0 fully saturated rings. The molecule has 0 amide bonds. The van der Waals surface area contributed by atoms with E-state index in [9.17, 15) is 44.9 Å². The summed E-state index contributed by atoms with van der Waals surface area (Å²) in [5.41, 5.74) is -12.3. The molecule has 0 atom stereocenters. The van der Waals surface area contributed by atoms with Crippen molar-refractivity contribution in [2.45, 2.75) is 11.0 Å². The van der Waals surface area contributed by atoms with E-state index in [-0.39, 0.29) is 10.8 Å². The summed E-state index contributed by atoms with van der Waals surface area (Å²) in [5.74, 6) is -1.45. The Hall–Kier alpha value is -2.05. The summed E-state index contributed by atoms with van der Waals surface area (Å²) in [6.07, 6.45) is 0. The Kier molecular flexibility index (Phi) is 7.91. The van der Waals surface area contributed by atoms with Crippen LogP contribution in [0.4, 0.5) is 32.0 Å². The minimum atomic E-state index is -6.05. The van der Waals surface area contributed by atoms with Gasteiger partial charge in [-0.05, 0) is 0 Å². The lowest BCUT2D eigenvalue weighted by molar-refractivity contribution is -0.385. The van der Waals surface area contributed by atoms with E-state index >= 15 is 0 Å². The van der Waals surface area contributed by atoms with Crippen LogP contribution in [-0.4, -0.2) is 44.4 Å². The van der Waals surface area contributed by atoms with Crippen LogP contribution < -0.4 is 8.92 Å². The van der Waals surface area contributed by atoms with Crippen molar-refractivity contribution in [3.63, 3.8) is 0 Å². The number of hydrogen-bond donors (Lipinski definition) is 1. The maximum atomic E-state index is 12.2. The average Bonchev–Trinajstić information content (AvgIpc) is 2.45. The topological polar surface area (TPSA) is 150 Å². The molecule has 162 valence electrons. The molecular formula is C9H6ClF6NO9S2. The first kappa shape index (κ1) is 26.0. The Labute approximate surface area is 156 Å². The van der Waals surface area contributed by atoms with Gasteiger partial charge in [0.2, 0.25) is 5.75 Å². The fourth-order valence-corrected chi connectivity index (χ4v) is 1.75. The van der Waals surface area contributed by atoms with Crippen molar-refractivity contribution in [2.75, 3.05) is 7.11 Å². The molecule has 0 aromatic heterocycles. The third-order valence-corrected chi connectivity index (χ3v) is 4.05. The van der Waals surface area contributed by atoms with Gasteiger partial charge in [0, 0.05) is 12.1 Å². The standard InChI is InChI=1S/C8H5ClF3NO6S.CHF3O3S/c1-18-6-3-7(5(13(14)15)2-4(6)9)19-20(16,17)8(10,11)12;2-1(3,4)8(5,6)7/h2-3H,1H3;(H,5,6,7). The van der Waals surface area contributed by atoms with Crippen molar-refractivity contribution in [3.8, 4) is 11.5 Å². The quantitative estimate of drug-likeness (QED) is 0.169. The van der Waals surface area contributed by atoms with E-state index in [4.69, 9.17) is 24.6 Å². The monoisotopic (exact) mass is 485 g/mol. The molecule has 19 heteroatoms. The smallest absolute Gasteiger partial charge is 0.495 e. The molecule has 0 unspecified atom stereocenters. The highest BCUT2D eigenvalue weighted by atomic mass is 35.5. The Morgan fingerprint density at radius 1 is 1.04 bits per heavy atom. The van der Waals surface area contributed by atoms with Crippen molar-refractivity contribution in [1.82, 2.24) is 0 Å². The summed E-state index contributed by atoms with van der Waals surface area (Å²) >= 11 is 5.55. The van der Waals surface area contributed by atoms with Gasteiger partial charge in [-0.25, -0.2) is 0 Å². The highest BCUT2D eigenvalue weighted by Crippen LogP contribution is 2.39. The van der Waals surface area contributed by atoms with Gasteiger partial charge in [-0.15, -0.1) is 0 Å². The van der Waals surface area contributed by atoms with E-state index in [0.29, 0.717) is 12.1 Å². The van der Waals surface area contributed by atoms with E-state index in [2.05, 4.69) is 8.92 Å². The number of hydrogen-bond acceptors (Lipinski definition) is 8. The molecule has 0 aliphatic rings. The first-order valence-electron chi connectivity index (χ1n) is 5.81. The highest BCUT2D eigenvalue weighted by molar-refractivity contribution is 7.88. The lowest BCUT2D eigenvalue weighted by Gasteiger charge is -2.11. The third kappa shape index (κ3) is 6.84. The second kappa shape index (κ2) is 8.53. The normalized spacial score (nSPS) is 12.6. The molecule has 0 radical (unpaired) electrons. The van der Waals surface area contributed by atoms with Gasteiger partial charge < -0.3 is 8.92 Å². The van der Waals surface area contributed by atoms with Crippen molar-refractivity contribution in [3.05, 3.63) is 27.3 Å². The molecule has 0 heterocycles. The molecule has 10 nitrogen and oxygen atoms in total. The van der Waals surface area contributed by atoms with Gasteiger partial charge >= 0.3 is 36.9 Å². The van der Waals surface area contributed by atoms with Crippen LogP contribution in [0.2, 0.25) is 5.02 Å². The molecule has 0 saturated heterocycles. The lowest BCUT2D eigenvalue weighted by atomic mass is 10.3. The molecule has 1 aromatic rings. The van der Waals surface area contributed by atoms with Gasteiger partial charge in [-0.3, -0.25) is 14.7 Å². The van der Waals surface area contributed by atoms with Gasteiger partial charge in [0.15, 0.2) is 0 Å².